The Kier molecular flexibility index (Phi) is 3.66. The molecule has 4 rings (SSSR count). The highest BCUT2D eigenvalue weighted by Crippen LogP contribution is 2.15. The monoisotopic (exact) mass is 320 g/mol. The SMILES string of the molecule is O=C(NCCCn1ccc2ccccc21)c1nc2ncccn2n1. The van der Waals surface area contributed by atoms with E-state index in [1.807, 2.05) is 12.1 Å². The van der Waals surface area contributed by atoms with Gasteiger partial charge in [0.15, 0.2) is 0 Å². The van der Waals surface area contributed by atoms with Crippen molar-refractivity contribution in [3.63, 3.8) is 0 Å². The maximum atomic E-state index is 12.1. The fraction of sp³-hybridized carbons (Fsp3) is 0.176. The summed E-state index contributed by atoms with van der Waals surface area (Å²) in [4.78, 5) is 20.3. The second-order valence-corrected chi connectivity index (χ2v) is 5.48. The number of amides is 1. The van der Waals surface area contributed by atoms with Crippen LogP contribution < -0.4 is 5.32 Å². The lowest BCUT2D eigenvalue weighted by atomic mass is 10.2. The first-order valence-corrected chi connectivity index (χ1v) is 7.81. The molecule has 3 aromatic heterocycles. The minimum Gasteiger partial charge on any atom is -0.349 e. The van der Waals surface area contributed by atoms with Gasteiger partial charge in [0.1, 0.15) is 0 Å². The number of nitrogens with zero attached hydrogens (tertiary/aromatic N) is 5. The number of benzene rings is 1. The lowest BCUT2D eigenvalue weighted by Gasteiger charge is -2.06. The minimum atomic E-state index is -0.280. The Labute approximate surface area is 138 Å². The van der Waals surface area contributed by atoms with Gasteiger partial charge < -0.3 is 9.88 Å². The number of para-hydroxylation sites is 1. The molecule has 7 heteroatoms. The zero-order chi connectivity index (χ0) is 16.4. The second kappa shape index (κ2) is 6.11. The summed E-state index contributed by atoms with van der Waals surface area (Å²) >= 11 is 0. The van der Waals surface area contributed by atoms with Crippen LogP contribution in [0.2, 0.25) is 0 Å². The largest absolute Gasteiger partial charge is 0.349 e. The average Bonchev–Trinajstić information content (AvgIpc) is 3.23. The van der Waals surface area contributed by atoms with E-state index in [1.54, 1.807) is 18.5 Å². The lowest BCUT2D eigenvalue weighted by Crippen LogP contribution is -2.26. The van der Waals surface area contributed by atoms with Crippen molar-refractivity contribution < 1.29 is 4.79 Å². The molecular formula is C17H16N6O. The van der Waals surface area contributed by atoms with Gasteiger partial charge in [0.2, 0.25) is 5.82 Å². The van der Waals surface area contributed by atoms with E-state index in [-0.39, 0.29) is 11.7 Å². The molecular weight excluding hydrogens is 304 g/mol. The van der Waals surface area contributed by atoms with Crippen LogP contribution in [0.25, 0.3) is 16.7 Å². The van der Waals surface area contributed by atoms with Gasteiger partial charge >= 0.3 is 0 Å². The predicted octanol–water partition coefficient (Wildman–Crippen LogP) is 1.90. The highest BCUT2D eigenvalue weighted by Gasteiger charge is 2.12. The van der Waals surface area contributed by atoms with Gasteiger partial charge in [-0.1, -0.05) is 18.2 Å². The van der Waals surface area contributed by atoms with Gasteiger partial charge in [-0.25, -0.2) is 9.50 Å². The number of carbonyl (C=O) groups is 1. The summed E-state index contributed by atoms with van der Waals surface area (Å²) < 4.78 is 3.68. The maximum absolute atomic E-state index is 12.1. The highest BCUT2D eigenvalue weighted by atomic mass is 16.2. The Hall–Kier alpha value is -3.22. The van der Waals surface area contributed by atoms with Gasteiger partial charge in [0, 0.05) is 37.2 Å². The van der Waals surface area contributed by atoms with Gasteiger partial charge in [-0.3, -0.25) is 4.79 Å². The quantitative estimate of drug-likeness (QED) is 0.570. The van der Waals surface area contributed by atoms with Gasteiger partial charge in [0.05, 0.1) is 0 Å². The van der Waals surface area contributed by atoms with Gasteiger partial charge in [-0.2, -0.15) is 4.98 Å². The molecule has 0 aliphatic rings. The molecule has 0 atom stereocenters. The Morgan fingerprint density at radius 2 is 2.04 bits per heavy atom. The van der Waals surface area contributed by atoms with Crippen LogP contribution in [0.5, 0.6) is 0 Å². The molecule has 0 radical (unpaired) electrons. The Bertz CT molecular complexity index is 969. The molecule has 0 saturated carbocycles. The van der Waals surface area contributed by atoms with Crippen molar-refractivity contribution in [3.8, 4) is 0 Å². The molecule has 0 fully saturated rings. The zero-order valence-corrected chi connectivity index (χ0v) is 13.0. The summed E-state index contributed by atoms with van der Waals surface area (Å²) in [6.07, 6.45) is 6.23. The van der Waals surface area contributed by atoms with Crippen LogP contribution in [0.1, 0.15) is 17.0 Å². The molecule has 1 aromatic carbocycles. The number of aryl methyl sites for hydroxylation is 1. The summed E-state index contributed by atoms with van der Waals surface area (Å²) in [5.74, 6) is 0.277. The Morgan fingerprint density at radius 3 is 2.96 bits per heavy atom. The molecule has 0 spiro atoms. The van der Waals surface area contributed by atoms with Crippen molar-refractivity contribution >= 4 is 22.6 Å². The van der Waals surface area contributed by atoms with E-state index in [1.165, 1.54) is 15.4 Å². The summed E-state index contributed by atoms with van der Waals surface area (Å²) in [7, 11) is 0. The summed E-state index contributed by atoms with van der Waals surface area (Å²) in [6.45, 7) is 1.41. The van der Waals surface area contributed by atoms with Crippen LogP contribution in [0.4, 0.5) is 0 Å². The van der Waals surface area contributed by atoms with Gasteiger partial charge in [-0.15, -0.1) is 5.10 Å². The lowest BCUT2D eigenvalue weighted by molar-refractivity contribution is 0.0942. The predicted molar refractivity (Wildman–Crippen MR) is 89.7 cm³/mol. The van der Waals surface area contributed by atoms with Crippen molar-refractivity contribution in [1.29, 1.82) is 0 Å². The van der Waals surface area contributed by atoms with Crippen molar-refractivity contribution in [3.05, 3.63) is 60.8 Å². The molecule has 1 N–H and O–H groups in total. The van der Waals surface area contributed by atoms with Crippen molar-refractivity contribution in [2.45, 2.75) is 13.0 Å². The van der Waals surface area contributed by atoms with E-state index in [0.29, 0.717) is 12.3 Å². The third-order valence-electron chi connectivity index (χ3n) is 3.86. The standard InChI is InChI=1S/C17H16N6O/c24-16(15-20-17-19-9-4-11-23(17)21-15)18-8-3-10-22-12-7-13-5-1-2-6-14(13)22/h1-2,4-7,9,11-12H,3,8,10H2,(H,18,24). The van der Waals surface area contributed by atoms with Crippen molar-refractivity contribution in [1.82, 2.24) is 29.5 Å². The highest BCUT2D eigenvalue weighted by molar-refractivity contribution is 5.90. The van der Waals surface area contributed by atoms with Crippen LogP contribution in [0, 0.1) is 0 Å². The average molecular weight is 320 g/mol. The van der Waals surface area contributed by atoms with E-state index in [0.717, 1.165) is 13.0 Å². The topological polar surface area (TPSA) is 77.1 Å². The molecule has 120 valence electrons. The second-order valence-electron chi connectivity index (χ2n) is 5.48. The first-order valence-electron chi connectivity index (χ1n) is 7.81. The van der Waals surface area contributed by atoms with Crippen LogP contribution >= 0.6 is 0 Å². The maximum Gasteiger partial charge on any atom is 0.291 e. The van der Waals surface area contributed by atoms with E-state index in [2.05, 4.69) is 49.3 Å². The third-order valence-corrected chi connectivity index (χ3v) is 3.86. The first kappa shape index (κ1) is 14.4. The molecule has 0 aliphatic carbocycles. The fourth-order valence-electron chi connectivity index (χ4n) is 2.69. The number of nitrogens with one attached hydrogen (secondary N) is 1. The van der Waals surface area contributed by atoms with E-state index in [4.69, 9.17) is 0 Å². The van der Waals surface area contributed by atoms with Crippen LogP contribution in [0.15, 0.2) is 55.0 Å². The fourth-order valence-corrected chi connectivity index (χ4v) is 2.69. The molecule has 4 aromatic rings. The summed E-state index contributed by atoms with van der Waals surface area (Å²) in [6, 6.07) is 12.1. The number of fused-ring (bicyclic) bond motifs is 2. The van der Waals surface area contributed by atoms with Crippen molar-refractivity contribution in [2.24, 2.45) is 0 Å². The molecule has 7 nitrogen and oxygen atoms in total. The van der Waals surface area contributed by atoms with Gasteiger partial charge in [0.25, 0.3) is 11.7 Å². The van der Waals surface area contributed by atoms with Crippen LogP contribution in [-0.2, 0) is 6.54 Å². The van der Waals surface area contributed by atoms with Crippen molar-refractivity contribution in [2.75, 3.05) is 6.54 Å². The van der Waals surface area contributed by atoms with Crippen LogP contribution in [0.3, 0.4) is 0 Å². The Morgan fingerprint density at radius 1 is 1.12 bits per heavy atom. The molecule has 24 heavy (non-hydrogen) atoms. The molecule has 0 aliphatic heterocycles. The third kappa shape index (κ3) is 2.71. The minimum absolute atomic E-state index is 0.139. The normalized spacial score (nSPS) is 11.2. The molecule has 3 heterocycles. The number of rotatable bonds is 5. The number of hydrogen-bond donors (Lipinski definition) is 1. The number of aromatic nitrogens is 5. The molecule has 1 amide bonds. The van der Waals surface area contributed by atoms with Crippen LogP contribution in [-0.4, -0.2) is 36.6 Å². The zero-order valence-electron chi connectivity index (χ0n) is 13.0. The summed E-state index contributed by atoms with van der Waals surface area (Å²) in [5.41, 5.74) is 1.21. The first-order chi connectivity index (χ1) is 11.8. The molecule has 0 saturated heterocycles. The van der Waals surface area contributed by atoms with Gasteiger partial charge in [-0.05, 0) is 30.0 Å². The van der Waals surface area contributed by atoms with E-state index < -0.39 is 0 Å². The molecule has 0 bridgehead atoms. The van der Waals surface area contributed by atoms with E-state index in [9.17, 15) is 4.79 Å². The summed E-state index contributed by atoms with van der Waals surface area (Å²) in [5, 5.41) is 8.18. The molecule has 0 unspecified atom stereocenters. The Balaban J connectivity index is 1.34. The number of carbonyl (C=O) groups excluding carboxylic acids is 1. The number of hydrogen-bond acceptors (Lipinski definition) is 4. The van der Waals surface area contributed by atoms with E-state index >= 15 is 0 Å². The smallest absolute Gasteiger partial charge is 0.291 e.